The van der Waals surface area contributed by atoms with Gasteiger partial charge in [0.05, 0.1) is 0 Å². The van der Waals surface area contributed by atoms with Gasteiger partial charge in [0.2, 0.25) is 0 Å². The third-order valence-electron chi connectivity index (χ3n) is 5.46. The molecule has 0 aliphatic carbocycles. The van der Waals surface area contributed by atoms with Crippen LogP contribution in [0.2, 0.25) is 0 Å². The number of anilines is 1. The molecular weight excluding hydrogens is 302 g/mol. The van der Waals surface area contributed by atoms with Crippen LogP contribution in [0.4, 0.5) is 5.88 Å². The number of hydrogen-bond acceptors (Lipinski definition) is 4. The zero-order valence-corrected chi connectivity index (χ0v) is 14.3. The fourth-order valence-corrected chi connectivity index (χ4v) is 4.08. The van der Waals surface area contributed by atoms with Gasteiger partial charge in [-0.3, -0.25) is 4.79 Å². The maximum Gasteiger partial charge on any atom is 0.251 e. The summed E-state index contributed by atoms with van der Waals surface area (Å²) in [7, 11) is 0. The molecule has 3 atom stereocenters. The van der Waals surface area contributed by atoms with E-state index in [1.165, 1.54) is 12.8 Å². The number of carbonyl (C=O) groups excluding carboxylic acids is 1. The van der Waals surface area contributed by atoms with E-state index in [0.717, 1.165) is 36.4 Å². The predicted molar refractivity (Wildman–Crippen MR) is 95.6 cm³/mol. The average Bonchev–Trinajstić information content (AvgIpc) is 3.30. The number of benzene rings is 1. The molecule has 4 rings (SSSR count). The first-order valence-corrected chi connectivity index (χ1v) is 9.03. The molecule has 5 nitrogen and oxygen atoms in total. The molecular formula is C19H25N3O2. The Kier molecular flexibility index (Phi) is 3.96. The molecule has 2 aliphatic heterocycles. The van der Waals surface area contributed by atoms with Gasteiger partial charge in [-0.1, -0.05) is 6.07 Å². The van der Waals surface area contributed by atoms with Crippen molar-refractivity contribution in [2.75, 3.05) is 18.0 Å². The van der Waals surface area contributed by atoms with Crippen molar-refractivity contribution in [2.45, 2.75) is 51.2 Å². The fraction of sp³-hybridized carbons (Fsp3) is 0.526. The van der Waals surface area contributed by atoms with Crippen molar-refractivity contribution in [3.05, 3.63) is 29.8 Å². The first-order valence-electron chi connectivity index (χ1n) is 9.03. The summed E-state index contributed by atoms with van der Waals surface area (Å²) in [4.78, 5) is 14.8. The molecule has 2 aliphatic rings. The molecule has 2 aromatic rings. The van der Waals surface area contributed by atoms with Crippen LogP contribution in [0.1, 0.15) is 43.5 Å². The summed E-state index contributed by atoms with van der Waals surface area (Å²) in [6, 6.07) is 9.06. The molecule has 2 N–H and O–H groups in total. The molecule has 1 aromatic heterocycles. The van der Waals surface area contributed by atoms with Crippen LogP contribution in [0.25, 0.3) is 11.0 Å². The van der Waals surface area contributed by atoms with Crippen LogP contribution in [0, 0.1) is 0 Å². The van der Waals surface area contributed by atoms with Gasteiger partial charge in [-0.25, -0.2) is 0 Å². The molecule has 0 radical (unpaired) electrons. The Morgan fingerprint density at radius 1 is 1.29 bits per heavy atom. The van der Waals surface area contributed by atoms with Crippen molar-refractivity contribution >= 4 is 22.8 Å². The minimum Gasteiger partial charge on any atom is -0.441 e. The first kappa shape index (κ1) is 15.5. The number of amides is 1. The Balaban J connectivity index is 1.52. The Labute approximate surface area is 142 Å². The van der Waals surface area contributed by atoms with E-state index in [1.54, 1.807) is 0 Å². The second kappa shape index (κ2) is 6.13. The zero-order valence-electron chi connectivity index (χ0n) is 14.3. The normalized spacial score (nSPS) is 25.3. The summed E-state index contributed by atoms with van der Waals surface area (Å²) in [5, 5.41) is 7.78. The second-order valence-corrected chi connectivity index (χ2v) is 6.87. The predicted octanol–water partition coefficient (Wildman–Crippen LogP) is 2.90. The highest BCUT2D eigenvalue weighted by molar-refractivity contribution is 5.98. The molecule has 0 spiro atoms. The van der Waals surface area contributed by atoms with Crippen LogP contribution in [0.3, 0.4) is 0 Å². The van der Waals surface area contributed by atoms with Gasteiger partial charge in [0.15, 0.2) is 5.88 Å². The number of furan rings is 1. The average molecular weight is 327 g/mol. The number of rotatable bonds is 5. The molecule has 0 unspecified atom stereocenters. The lowest BCUT2D eigenvalue weighted by Gasteiger charge is -2.21. The van der Waals surface area contributed by atoms with Crippen molar-refractivity contribution in [3.8, 4) is 0 Å². The van der Waals surface area contributed by atoms with Crippen LogP contribution >= 0.6 is 0 Å². The van der Waals surface area contributed by atoms with E-state index in [2.05, 4.69) is 29.4 Å². The van der Waals surface area contributed by atoms with Crippen LogP contribution in [0.5, 0.6) is 0 Å². The van der Waals surface area contributed by atoms with E-state index in [9.17, 15) is 4.79 Å². The molecule has 2 fully saturated rings. The molecule has 5 heteroatoms. The fourth-order valence-electron chi connectivity index (χ4n) is 4.08. The van der Waals surface area contributed by atoms with E-state index < -0.39 is 0 Å². The van der Waals surface area contributed by atoms with Crippen LogP contribution in [0.15, 0.2) is 28.7 Å². The number of fused-ring (bicyclic) bond motifs is 3. The van der Waals surface area contributed by atoms with Crippen LogP contribution < -0.4 is 15.5 Å². The molecule has 2 bridgehead atoms. The number of hydrogen-bond donors (Lipinski definition) is 2. The lowest BCUT2D eigenvalue weighted by molar-refractivity contribution is 0.0931. The maximum absolute atomic E-state index is 12.6. The van der Waals surface area contributed by atoms with Crippen molar-refractivity contribution in [3.63, 3.8) is 0 Å². The van der Waals surface area contributed by atoms with Gasteiger partial charge in [-0.15, -0.1) is 0 Å². The van der Waals surface area contributed by atoms with Gasteiger partial charge in [-0.2, -0.15) is 0 Å². The van der Waals surface area contributed by atoms with E-state index in [-0.39, 0.29) is 11.9 Å². The Hall–Kier alpha value is -2.01. The Morgan fingerprint density at radius 3 is 2.79 bits per heavy atom. The topological polar surface area (TPSA) is 57.5 Å². The summed E-state index contributed by atoms with van der Waals surface area (Å²) in [6.45, 7) is 6.03. The van der Waals surface area contributed by atoms with Gasteiger partial charge in [0.25, 0.3) is 5.91 Å². The Bertz CT molecular complexity index is 750. The Morgan fingerprint density at radius 2 is 2.12 bits per heavy atom. The summed E-state index contributed by atoms with van der Waals surface area (Å²) < 4.78 is 5.96. The third kappa shape index (κ3) is 2.67. The van der Waals surface area contributed by atoms with Crippen molar-refractivity contribution < 1.29 is 9.21 Å². The summed E-state index contributed by atoms with van der Waals surface area (Å²) in [5.74, 6) is 0.863. The van der Waals surface area contributed by atoms with E-state index in [0.29, 0.717) is 17.6 Å². The monoisotopic (exact) mass is 327 g/mol. The summed E-state index contributed by atoms with van der Waals surface area (Å²) in [5.41, 5.74) is 1.45. The number of carbonyl (C=O) groups is 1. The van der Waals surface area contributed by atoms with Gasteiger partial charge in [0, 0.05) is 48.2 Å². The van der Waals surface area contributed by atoms with Gasteiger partial charge >= 0.3 is 0 Å². The minimum atomic E-state index is -0.00274. The smallest absolute Gasteiger partial charge is 0.251 e. The molecule has 1 amide bonds. The highest BCUT2D eigenvalue weighted by atomic mass is 16.4. The zero-order chi connectivity index (χ0) is 16.7. The first-order chi connectivity index (χ1) is 11.7. The van der Waals surface area contributed by atoms with Gasteiger partial charge in [-0.05, 0) is 45.2 Å². The van der Waals surface area contributed by atoms with Crippen LogP contribution in [-0.2, 0) is 0 Å². The van der Waals surface area contributed by atoms with Crippen molar-refractivity contribution in [2.24, 2.45) is 0 Å². The van der Waals surface area contributed by atoms with Gasteiger partial charge < -0.3 is 20.0 Å². The third-order valence-corrected chi connectivity index (χ3v) is 5.46. The largest absolute Gasteiger partial charge is 0.441 e. The lowest BCUT2D eigenvalue weighted by Crippen LogP contribution is -2.42. The number of nitrogens with one attached hydrogen (secondary N) is 2. The number of nitrogens with zero attached hydrogens (tertiary/aromatic N) is 1. The second-order valence-electron chi connectivity index (χ2n) is 6.87. The van der Waals surface area contributed by atoms with Crippen LogP contribution in [-0.4, -0.2) is 37.1 Å². The van der Waals surface area contributed by atoms with E-state index >= 15 is 0 Å². The molecule has 3 heterocycles. The van der Waals surface area contributed by atoms with E-state index in [1.807, 2.05) is 24.3 Å². The highest BCUT2D eigenvalue weighted by Crippen LogP contribution is 2.29. The maximum atomic E-state index is 12.6. The van der Waals surface area contributed by atoms with E-state index in [4.69, 9.17) is 4.42 Å². The molecule has 24 heavy (non-hydrogen) atoms. The summed E-state index contributed by atoms with van der Waals surface area (Å²) >= 11 is 0. The highest BCUT2D eigenvalue weighted by Gasteiger charge is 2.39. The molecule has 2 saturated heterocycles. The molecule has 0 saturated carbocycles. The van der Waals surface area contributed by atoms with Gasteiger partial charge in [0.1, 0.15) is 5.58 Å². The molecule has 1 aromatic carbocycles. The lowest BCUT2D eigenvalue weighted by atomic mass is 9.95. The minimum absolute atomic E-state index is 0.00274. The molecule has 128 valence electrons. The summed E-state index contributed by atoms with van der Waals surface area (Å²) in [6.07, 6.45) is 3.45. The standard InChI is InChI=1S/C19H25N3O2/c1-3-22(4-2)18-10-12-5-6-13(9-17(12)24-18)19(23)21-16-11-14-7-8-15(16)20-14/h5-6,9-10,14-16,20H,3-4,7-8,11H2,1-2H3,(H,21,23)/t14-,15+,16-/m1/s1. The quantitative estimate of drug-likeness (QED) is 0.886. The van der Waals surface area contributed by atoms with Crippen molar-refractivity contribution in [1.29, 1.82) is 0 Å². The van der Waals surface area contributed by atoms with Crippen molar-refractivity contribution in [1.82, 2.24) is 10.6 Å². The SMILES string of the molecule is CCN(CC)c1cc2ccc(C(=O)N[C@@H]3C[C@H]4CC[C@@H]3N4)cc2o1.